The Morgan fingerprint density at radius 1 is 0.914 bits per heavy atom. The van der Waals surface area contributed by atoms with Crippen LogP contribution in [0.1, 0.15) is 69.9 Å². The second-order valence-electron chi connectivity index (χ2n) is 9.66. The van der Waals surface area contributed by atoms with Crippen LogP contribution >= 0.6 is 0 Å². The lowest BCUT2D eigenvalue weighted by Gasteiger charge is -2.24. The number of esters is 2. The Labute approximate surface area is 210 Å². The molecule has 6 heteroatoms. The SMILES string of the molecule is COC(=O)CCNCCC(C(=O)OC(C)(C)C)c1ccc(OCCCCCc2ccccc2)cc1. The minimum absolute atomic E-state index is 0.251. The number of methoxy groups -OCH3 is 1. The van der Waals surface area contributed by atoms with Crippen LogP contribution in [-0.2, 0) is 25.5 Å². The molecule has 0 aliphatic rings. The van der Waals surface area contributed by atoms with E-state index >= 15 is 0 Å². The first kappa shape index (κ1) is 28.4. The van der Waals surface area contributed by atoms with Crippen molar-refractivity contribution in [3.8, 4) is 5.75 Å². The molecule has 0 aromatic heterocycles. The smallest absolute Gasteiger partial charge is 0.313 e. The van der Waals surface area contributed by atoms with Crippen molar-refractivity contribution in [3.63, 3.8) is 0 Å². The average Bonchev–Trinajstić information content (AvgIpc) is 2.83. The van der Waals surface area contributed by atoms with Crippen LogP contribution in [0.2, 0.25) is 0 Å². The molecule has 0 saturated heterocycles. The number of unbranched alkanes of at least 4 members (excludes halogenated alkanes) is 2. The summed E-state index contributed by atoms with van der Waals surface area (Å²) in [6.07, 6.45) is 5.24. The van der Waals surface area contributed by atoms with Crippen LogP contribution in [0, 0.1) is 0 Å². The van der Waals surface area contributed by atoms with E-state index in [0.717, 1.165) is 37.0 Å². The molecule has 0 aliphatic carbocycles. The Bertz CT molecular complexity index is 874. The number of benzene rings is 2. The molecule has 0 spiro atoms. The lowest BCUT2D eigenvalue weighted by molar-refractivity contribution is -0.157. The van der Waals surface area contributed by atoms with Crippen LogP contribution in [0.25, 0.3) is 0 Å². The van der Waals surface area contributed by atoms with Crippen LogP contribution in [0.4, 0.5) is 0 Å². The van der Waals surface area contributed by atoms with Gasteiger partial charge in [-0.2, -0.15) is 0 Å². The quantitative estimate of drug-likeness (QED) is 0.268. The van der Waals surface area contributed by atoms with Gasteiger partial charge in [-0.05, 0) is 82.7 Å². The minimum atomic E-state index is -0.558. The lowest BCUT2D eigenvalue weighted by Crippen LogP contribution is -2.30. The van der Waals surface area contributed by atoms with Gasteiger partial charge in [-0.15, -0.1) is 0 Å². The van der Waals surface area contributed by atoms with E-state index in [-0.39, 0.29) is 11.9 Å². The molecule has 0 bridgehead atoms. The minimum Gasteiger partial charge on any atom is -0.494 e. The first-order valence-corrected chi connectivity index (χ1v) is 12.6. The molecule has 0 aliphatic heterocycles. The maximum Gasteiger partial charge on any atom is 0.313 e. The van der Waals surface area contributed by atoms with E-state index in [0.29, 0.717) is 32.5 Å². The zero-order chi connectivity index (χ0) is 25.5. The van der Waals surface area contributed by atoms with E-state index < -0.39 is 11.5 Å². The highest BCUT2D eigenvalue weighted by Crippen LogP contribution is 2.26. The van der Waals surface area contributed by atoms with Gasteiger partial charge in [0.05, 0.1) is 26.1 Å². The number of hydrogen-bond acceptors (Lipinski definition) is 6. The fourth-order valence-corrected chi connectivity index (χ4v) is 3.70. The van der Waals surface area contributed by atoms with Crippen LogP contribution in [0.5, 0.6) is 5.75 Å². The lowest BCUT2D eigenvalue weighted by atomic mass is 9.95. The number of carbonyl (C=O) groups is 2. The third kappa shape index (κ3) is 11.9. The maximum absolute atomic E-state index is 12.9. The van der Waals surface area contributed by atoms with Gasteiger partial charge in [0.25, 0.3) is 0 Å². The highest BCUT2D eigenvalue weighted by Gasteiger charge is 2.26. The normalized spacial score (nSPS) is 12.1. The third-order valence-corrected chi connectivity index (χ3v) is 5.54. The van der Waals surface area contributed by atoms with Crippen molar-refractivity contribution in [2.24, 2.45) is 0 Å². The molecule has 6 nitrogen and oxygen atoms in total. The van der Waals surface area contributed by atoms with Crippen molar-refractivity contribution in [3.05, 3.63) is 65.7 Å². The van der Waals surface area contributed by atoms with Gasteiger partial charge in [0.15, 0.2) is 0 Å². The van der Waals surface area contributed by atoms with E-state index in [2.05, 4.69) is 34.3 Å². The topological polar surface area (TPSA) is 73.9 Å². The summed E-state index contributed by atoms with van der Waals surface area (Å²) in [6.45, 7) is 7.37. The summed E-state index contributed by atoms with van der Waals surface area (Å²) < 4.78 is 16.2. The van der Waals surface area contributed by atoms with Crippen LogP contribution < -0.4 is 10.1 Å². The Hall–Kier alpha value is -2.86. The Morgan fingerprint density at radius 3 is 2.29 bits per heavy atom. The Morgan fingerprint density at radius 2 is 1.63 bits per heavy atom. The molecule has 0 radical (unpaired) electrons. The monoisotopic (exact) mass is 483 g/mol. The molecule has 0 amide bonds. The Kier molecular flexibility index (Phi) is 12.3. The van der Waals surface area contributed by atoms with Gasteiger partial charge in [-0.1, -0.05) is 42.5 Å². The van der Waals surface area contributed by atoms with Gasteiger partial charge in [0.2, 0.25) is 0 Å². The second kappa shape index (κ2) is 15.2. The van der Waals surface area contributed by atoms with Gasteiger partial charge in [-0.25, -0.2) is 0 Å². The van der Waals surface area contributed by atoms with E-state index in [1.165, 1.54) is 12.7 Å². The molecule has 1 N–H and O–H groups in total. The van der Waals surface area contributed by atoms with E-state index in [1.54, 1.807) is 0 Å². The number of nitrogens with one attached hydrogen (secondary N) is 1. The first-order valence-electron chi connectivity index (χ1n) is 12.6. The van der Waals surface area contributed by atoms with Crippen molar-refractivity contribution in [1.29, 1.82) is 0 Å². The molecule has 2 aromatic rings. The number of aryl methyl sites for hydroxylation is 1. The van der Waals surface area contributed by atoms with Gasteiger partial charge < -0.3 is 19.5 Å². The number of rotatable bonds is 15. The molecule has 192 valence electrons. The van der Waals surface area contributed by atoms with Crippen molar-refractivity contribution < 1.29 is 23.8 Å². The number of ether oxygens (including phenoxy) is 3. The van der Waals surface area contributed by atoms with Gasteiger partial charge in [-0.3, -0.25) is 9.59 Å². The van der Waals surface area contributed by atoms with Gasteiger partial charge >= 0.3 is 11.9 Å². The van der Waals surface area contributed by atoms with E-state index in [1.807, 2.05) is 51.1 Å². The summed E-state index contributed by atoms with van der Waals surface area (Å²) in [5, 5.41) is 3.20. The maximum atomic E-state index is 12.9. The largest absolute Gasteiger partial charge is 0.494 e. The van der Waals surface area contributed by atoms with E-state index in [9.17, 15) is 9.59 Å². The average molecular weight is 484 g/mol. The van der Waals surface area contributed by atoms with Crippen LogP contribution in [0.3, 0.4) is 0 Å². The fourth-order valence-electron chi connectivity index (χ4n) is 3.70. The standard InChI is InChI=1S/C29H41NO5/c1-29(2,3)35-28(32)26(18-20-30-21-19-27(31)33-4)24-14-16-25(17-15-24)34-22-10-6-9-13-23-11-7-5-8-12-23/h5,7-8,11-12,14-17,26,30H,6,9-10,13,18-22H2,1-4H3. The van der Waals surface area contributed by atoms with Crippen molar-refractivity contribution in [2.45, 2.75) is 70.8 Å². The van der Waals surface area contributed by atoms with Gasteiger partial charge in [0.1, 0.15) is 11.4 Å². The molecule has 1 atom stereocenters. The van der Waals surface area contributed by atoms with Crippen molar-refractivity contribution in [1.82, 2.24) is 5.32 Å². The molecule has 2 rings (SSSR count). The zero-order valence-corrected chi connectivity index (χ0v) is 21.7. The molecule has 0 fully saturated rings. The summed E-state index contributed by atoms with van der Waals surface area (Å²) in [7, 11) is 1.38. The third-order valence-electron chi connectivity index (χ3n) is 5.54. The summed E-state index contributed by atoms with van der Waals surface area (Å²) in [5.41, 5.74) is 1.71. The molecule has 0 heterocycles. The molecule has 2 aromatic carbocycles. The van der Waals surface area contributed by atoms with Crippen molar-refractivity contribution in [2.75, 3.05) is 26.8 Å². The number of carbonyl (C=O) groups excluding carboxylic acids is 2. The van der Waals surface area contributed by atoms with Gasteiger partial charge in [0, 0.05) is 6.54 Å². The molecule has 1 unspecified atom stereocenters. The van der Waals surface area contributed by atoms with Crippen LogP contribution in [-0.4, -0.2) is 44.3 Å². The zero-order valence-electron chi connectivity index (χ0n) is 21.7. The van der Waals surface area contributed by atoms with Crippen LogP contribution in [0.15, 0.2) is 54.6 Å². The number of hydrogen-bond donors (Lipinski definition) is 1. The predicted molar refractivity (Wildman–Crippen MR) is 139 cm³/mol. The molecular weight excluding hydrogens is 442 g/mol. The molecular formula is C29H41NO5. The molecule has 0 saturated carbocycles. The van der Waals surface area contributed by atoms with Crippen molar-refractivity contribution >= 4 is 11.9 Å². The molecule has 35 heavy (non-hydrogen) atoms. The summed E-state index contributed by atoms with van der Waals surface area (Å²) >= 11 is 0. The summed E-state index contributed by atoms with van der Waals surface area (Å²) in [6, 6.07) is 18.3. The second-order valence-corrected chi connectivity index (χ2v) is 9.66. The highest BCUT2D eigenvalue weighted by molar-refractivity contribution is 5.78. The Balaban J connectivity index is 1.81. The van der Waals surface area contributed by atoms with E-state index in [4.69, 9.17) is 9.47 Å². The summed E-state index contributed by atoms with van der Waals surface area (Å²) in [4.78, 5) is 24.1. The predicted octanol–water partition coefficient (Wildman–Crippen LogP) is 5.45. The summed E-state index contributed by atoms with van der Waals surface area (Å²) in [5.74, 6) is -0.102. The highest BCUT2D eigenvalue weighted by atomic mass is 16.6. The first-order chi connectivity index (χ1) is 16.8. The fraction of sp³-hybridized carbons (Fsp3) is 0.517.